The first-order valence-corrected chi connectivity index (χ1v) is 12.2. The van der Waals surface area contributed by atoms with Gasteiger partial charge in [0.2, 0.25) is 0 Å². The molecule has 0 radical (unpaired) electrons. The van der Waals surface area contributed by atoms with Gasteiger partial charge < -0.3 is 9.47 Å². The highest BCUT2D eigenvalue weighted by Crippen LogP contribution is 2.51. The molecule has 0 spiro atoms. The van der Waals surface area contributed by atoms with E-state index in [1.165, 1.54) is 13.9 Å². The number of aromatic nitrogens is 3. The molecule has 1 aliphatic carbocycles. The number of carbonyl (C=O) groups is 1. The molecule has 188 valence electrons. The molecular weight excluding hydrogens is 470 g/mol. The zero-order valence-corrected chi connectivity index (χ0v) is 20.9. The van der Waals surface area contributed by atoms with Crippen LogP contribution >= 0.6 is 0 Å². The van der Waals surface area contributed by atoms with Crippen molar-refractivity contribution < 1.29 is 14.3 Å². The molecule has 0 saturated carbocycles. The summed E-state index contributed by atoms with van der Waals surface area (Å²) in [4.78, 5) is 40.5. The number of carbonyl (C=O) groups excluding carboxylic acids is 1. The maximum Gasteiger partial charge on any atom is 0.353 e. The summed E-state index contributed by atoms with van der Waals surface area (Å²) in [7, 11) is 0. The summed E-state index contributed by atoms with van der Waals surface area (Å²) in [5, 5.41) is 0. The molecule has 0 atom stereocenters. The normalized spacial score (nSPS) is 19.2. The Bertz CT molecular complexity index is 1590. The average Bonchev–Trinajstić information content (AvgIpc) is 3.14. The zero-order chi connectivity index (χ0) is 25.9. The molecule has 3 heterocycles. The molecule has 8 heteroatoms. The quantitative estimate of drug-likeness (QED) is 0.396. The van der Waals surface area contributed by atoms with Crippen molar-refractivity contribution in [3.8, 4) is 5.69 Å². The van der Waals surface area contributed by atoms with Crippen LogP contribution in [0.3, 0.4) is 0 Å². The SMILES string of the molecule is CC(C)(C)OC(=O)COCC12c3ccccc3C(c3ccccc31)n1c(=O)n(-c3ccccc3)c(=O)n12. The molecule has 4 aromatic rings. The number of hydrogen-bond acceptors (Lipinski definition) is 5. The van der Waals surface area contributed by atoms with Crippen molar-refractivity contribution in [1.82, 2.24) is 13.9 Å². The molecule has 0 saturated heterocycles. The summed E-state index contributed by atoms with van der Waals surface area (Å²) in [6.45, 7) is 5.06. The van der Waals surface area contributed by atoms with Gasteiger partial charge in [0.15, 0.2) is 0 Å². The average molecular weight is 498 g/mol. The van der Waals surface area contributed by atoms with E-state index in [0.29, 0.717) is 5.69 Å². The van der Waals surface area contributed by atoms with E-state index in [4.69, 9.17) is 9.47 Å². The first kappa shape index (κ1) is 23.2. The minimum Gasteiger partial charge on any atom is -0.458 e. The fourth-order valence-electron chi connectivity index (χ4n) is 5.73. The fourth-order valence-corrected chi connectivity index (χ4v) is 5.73. The van der Waals surface area contributed by atoms with Gasteiger partial charge in [-0.1, -0.05) is 66.7 Å². The van der Waals surface area contributed by atoms with Crippen molar-refractivity contribution in [1.29, 1.82) is 0 Å². The number of rotatable bonds is 5. The van der Waals surface area contributed by atoms with Crippen molar-refractivity contribution in [2.24, 2.45) is 0 Å². The molecule has 8 nitrogen and oxygen atoms in total. The van der Waals surface area contributed by atoms with Crippen LogP contribution in [0, 0.1) is 0 Å². The minimum atomic E-state index is -1.15. The predicted molar refractivity (Wildman–Crippen MR) is 137 cm³/mol. The van der Waals surface area contributed by atoms with Gasteiger partial charge in [-0.2, -0.15) is 0 Å². The molecule has 3 aliphatic rings. The lowest BCUT2D eigenvalue weighted by Gasteiger charge is -2.49. The van der Waals surface area contributed by atoms with Gasteiger partial charge in [-0.15, -0.1) is 0 Å². The summed E-state index contributed by atoms with van der Waals surface area (Å²) in [6.07, 6.45) is 0. The summed E-state index contributed by atoms with van der Waals surface area (Å²) in [5.74, 6) is -0.499. The Morgan fingerprint density at radius 1 is 0.838 bits per heavy atom. The van der Waals surface area contributed by atoms with Crippen molar-refractivity contribution in [3.05, 3.63) is 122 Å². The Morgan fingerprint density at radius 2 is 1.41 bits per heavy atom. The highest BCUT2D eigenvalue weighted by atomic mass is 16.6. The minimum absolute atomic E-state index is 0.0366. The molecule has 0 amide bonds. The topological polar surface area (TPSA) is 84.5 Å². The van der Waals surface area contributed by atoms with E-state index in [9.17, 15) is 14.4 Å². The van der Waals surface area contributed by atoms with Crippen LogP contribution in [0.15, 0.2) is 88.5 Å². The molecule has 0 fully saturated rings. The maximum atomic E-state index is 14.1. The van der Waals surface area contributed by atoms with Crippen LogP contribution in [0.4, 0.5) is 0 Å². The van der Waals surface area contributed by atoms with Gasteiger partial charge in [0.05, 0.1) is 12.3 Å². The molecular formula is C29H27N3O5. The van der Waals surface area contributed by atoms with Gasteiger partial charge in [-0.25, -0.2) is 28.3 Å². The Morgan fingerprint density at radius 3 is 2.00 bits per heavy atom. The highest BCUT2D eigenvalue weighted by molar-refractivity contribution is 5.71. The van der Waals surface area contributed by atoms with Gasteiger partial charge in [0, 0.05) is 0 Å². The fraction of sp³-hybridized carbons (Fsp3) is 0.276. The molecule has 7 rings (SSSR count). The lowest BCUT2D eigenvalue weighted by atomic mass is 9.69. The number of para-hydroxylation sites is 1. The monoisotopic (exact) mass is 497 g/mol. The molecule has 37 heavy (non-hydrogen) atoms. The first-order chi connectivity index (χ1) is 17.7. The number of hydrogen-bond donors (Lipinski definition) is 0. The third-order valence-corrected chi connectivity index (χ3v) is 6.95. The van der Waals surface area contributed by atoms with Crippen molar-refractivity contribution in [3.63, 3.8) is 0 Å². The second kappa shape index (κ2) is 8.18. The second-order valence-corrected chi connectivity index (χ2v) is 10.4. The molecule has 0 N–H and O–H groups in total. The van der Waals surface area contributed by atoms with E-state index in [2.05, 4.69) is 0 Å². The van der Waals surface area contributed by atoms with Crippen molar-refractivity contribution in [2.75, 3.05) is 13.2 Å². The molecule has 1 aromatic heterocycles. The van der Waals surface area contributed by atoms with Crippen LogP contribution in [0.25, 0.3) is 5.69 Å². The van der Waals surface area contributed by atoms with Gasteiger partial charge >= 0.3 is 17.3 Å². The summed E-state index contributed by atoms with van der Waals surface area (Å²) in [6, 6.07) is 24.0. The third kappa shape index (κ3) is 3.36. The van der Waals surface area contributed by atoms with E-state index in [-0.39, 0.29) is 13.2 Å². The second-order valence-electron chi connectivity index (χ2n) is 10.4. The van der Waals surface area contributed by atoms with Crippen LogP contribution in [-0.4, -0.2) is 38.7 Å². The maximum absolute atomic E-state index is 14.1. The van der Waals surface area contributed by atoms with Crippen LogP contribution in [-0.2, 0) is 19.8 Å². The lowest BCUT2D eigenvalue weighted by Crippen LogP contribution is -2.58. The van der Waals surface area contributed by atoms with E-state index >= 15 is 0 Å². The van der Waals surface area contributed by atoms with E-state index in [1.807, 2.05) is 54.6 Å². The standard InChI is InChI=1S/C29H27N3O5/c1-28(2,3)37-24(33)17-36-18-29-22-15-9-7-13-20(22)25(21-14-8-10-16-23(21)29)31-26(34)30(27(35)32(29)31)19-11-5-4-6-12-19/h4-16,25H,17-18H2,1-3H3. The van der Waals surface area contributed by atoms with Crippen LogP contribution in [0.5, 0.6) is 0 Å². The van der Waals surface area contributed by atoms with Crippen molar-refractivity contribution in [2.45, 2.75) is 38.0 Å². The Hall–Kier alpha value is -4.17. The highest BCUT2D eigenvalue weighted by Gasteiger charge is 2.54. The number of esters is 1. The van der Waals surface area contributed by atoms with Crippen LogP contribution in [0.1, 0.15) is 49.1 Å². The zero-order valence-electron chi connectivity index (χ0n) is 20.9. The largest absolute Gasteiger partial charge is 0.458 e. The van der Waals surface area contributed by atoms with Crippen molar-refractivity contribution >= 4 is 5.97 Å². The molecule has 2 bridgehead atoms. The molecule has 0 unspecified atom stereocenters. The van der Waals surface area contributed by atoms with Crippen LogP contribution < -0.4 is 11.4 Å². The summed E-state index contributed by atoms with van der Waals surface area (Å²) < 4.78 is 15.7. The third-order valence-electron chi connectivity index (χ3n) is 6.95. The van der Waals surface area contributed by atoms with Gasteiger partial charge in [0.1, 0.15) is 23.8 Å². The molecule has 2 aliphatic heterocycles. The van der Waals surface area contributed by atoms with E-state index in [0.717, 1.165) is 22.3 Å². The van der Waals surface area contributed by atoms with Gasteiger partial charge in [0.25, 0.3) is 0 Å². The first-order valence-electron chi connectivity index (χ1n) is 12.2. The number of nitrogens with zero attached hydrogens (tertiary/aromatic N) is 3. The smallest absolute Gasteiger partial charge is 0.353 e. The number of benzene rings is 3. The molecule has 3 aromatic carbocycles. The van der Waals surface area contributed by atoms with E-state index in [1.54, 1.807) is 45.0 Å². The van der Waals surface area contributed by atoms with Gasteiger partial charge in [-0.3, -0.25) is 0 Å². The summed E-state index contributed by atoms with van der Waals surface area (Å²) >= 11 is 0. The van der Waals surface area contributed by atoms with E-state index < -0.39 is 34.5 Å². The Labute approximate surface area is 213 Å². The Kier molecular flexibility index (Phi) is 5.14. The number of ether oxygens (including phenoxy) is 2. The van der Waals surface area contributed by atoms with Crippen LogP contribution in [0.2, 0.25) is 0 Å². The Balaban J connectivity index is 1.58. The summed E-state index contributed by atoms with van der Waals surface area (Å²) in [5.41, 5.74) is 1.39. The lowest BCUT2D eigenvalue weighted by molar-refractivity contribution is -0.161. The van der Waals surface area contributed by atoms with Gasteiger partial charge in [-0.05, 0) is 55.2 Å². The predicted octanol–water partition coefficient (Wildman–Crippen LogP) is 3.22.